The zero-order valence-electron chi connectivity index (χ0n) is 18.7. The number of hydrogen-bond acceptors (Lipinski definition) is 5. The van der Waals surface area contributed by atoms with Crippen LogP contribution < -0.4 is 16.0 Å². The fourth-order valence-electron chi connectivity index (χ4n) is 3.38. The van der Waals surface area contributed by atoms with Gasteiger partial charge in [0.25, 0.3) is 5.56 Å². The van der Waals surface area contributed by atoms with Gasteiger partial charge < -0.3 is 15.2 Å². The summed E-state index contributed by atoms with van der Waals surface area (Å²) in [5, 5.41) is 15.5. The fraction of sp³-hybridized carbons (Fsp3) is 0.250. The van der Waals surface area contributed by atoms with Gasteiger partial charge in [-0.05, 0) is 61.6 Å². The first kappa shape index (κ1) is 25.5. The molecule has 11 heteroatoms. The number of aromatic nitrogens is 2. The highest BCUT2D eigenvalue weighted by Gasteiger charge is 2.38. The number of amides is 1. The second-order valence-electron chi connectivity index (χ2n) is 7.61. The third-order valence-electron chi connectivity index (χ3n) is 5.16. The standard InChI is InChI=1S/C24H23F3N4O4/c1-2-15-6-3-4-7-19(15)28-14-18-20(8-5-9-21(32)33)30-31(22(18)34)17-12-10-16(11-13-17)29-23(35)24(25,26)27/h3-4,6-7,10-14,30H,2,5,8-9H2,1H3,(H,29,35)(H,32,33)/p-1. The molecule has 0 bridgehead atoms. The lowest BCUT2D eigenvalue weighted by atomic mass is 10.1. The number of carboxylic acid groups (broad SMARTS) is 1. The van der Waals surface area contributed by atoms with E-state index in [1.165, 1.54) is 35.2 Å². The number of carbonyl (C=O) groups excluding carboxylic acids is 2. The van der Waals surface area contributed by atoms with Crippen LogP contribution in [0.1, 0.15) is 36.6 Å². The van der Waals surface area contributed by atoms with Gasteiger partial charge in [0.05, 0.1) is 16.9 Å². The van der Waals surface area contributed by atoms with E-state index >= 15 is 0 Å². The van der Waals surface area contributed by atoms with E-state index in [0.29, 0.717) is 17.1 Å². The third kappa shape index (κ3) is 6.46. The Morgan fingerprint density at radius 2 is 1.83 bits per heavy atom. The molecule has 1 heterocycles. The van der Waals surface area contributed by atoms with Crippen LogP contribution in [0.3, 0.4) is 0 Å². The van der Waals surface area contributed by atoms with Crippen molar-refractivity contribution in [1.82, 2.24) is 9.78 Å². The van der Waals surface area contributed by atoms with Crippen molar-refractivity contribution in [3.8, 4) is 5.69 Å². The number of nitrogens with one attached hydrogen (secondary N) is 2. The fourth-order valence-corrected chi connectivity index (χ4v) is 3.38. The van der Waals surface area contributed by atoms with Crippen LogP contribution in [0, 0.1) is 0 Å². The van der Waals surface area contributed by atoms with E-state index in [0.717, 1.165) is 12.0 Å². The first-order valence-electron chi connectivity index (χ1n) is 10.7. The molecule has 0 fully saturated rings. The summed E-state index contributed by atoms with van der Waals surface area (Å²) in [7, 11) is 0. The molecule has 184 valence electrons. The summed E-state index contributed by atoms with van der Waals surface area (Å²) >= 11 is 0. The van der Waals surface area contributed by atoms with E-state index in [4.69, 9.17) is 0 Å². The minimum atomic E-state index is -5.03. The Kier molecular flexibility index (Phi) is 7.90. The first-order chi connectivity index (χ1) is 16.6. The molecule has 0 aliphatic heterocycles. The van der Waals surface area contributed by atoms with Gasteiger partial charge in [-0.3, -0.25) is 19.7 Å². The number of alkyl halides is 3. The molecule has 3 aromatic rings. The lowest BCUT2D eigenvalue weighted by molar-refractivity contribution is -0.305. The van der Waals surface area contributed by atoms with E-state index < -0.39 is 23.6 Å². The predicted molar refractivity (Wildman–Crippen MR) is 122 cm³/mol. The van der Waals surface area contributed by atoms with Crippen LogP contribution in [0.5, 0.6) is 0 Å². The summed E-state index contributed by atoms with van der Waals surface area (Å²) in [6.07, 6.45) is -2.63. The molecule has 0 unspecified atom stereocenters. The van der Waals surface area contributed by atoms with Crippen molar-refractivity contribution in [2.24, 2.45) is 4.99 Å². The highest BCUT2D eigenvalue weighted by molar-refractivity contribution is 5.95. The molecule has 0 aliphatic rings. The topological polar surface area (TPSA) is 119 Å². The molecule has 3 rings (SSSR count). The van der Waals surface area contributed by atoms with Gasteiger partial charge in [0.15, 0.2) is 0 Å². The van der Waals surface area contributed by atoms with Crippen LogP contribution in [0.2, 0.25) is 0 Å². The van der Waals surface area contributed by atoms with E-state index in [1.807, 2.05) is 31.2 Å². The average molecular weight is 487 g/mol. The first-order valence-corrected chi connectivity index (χ1v) is 10.7. The molecule has 8 nitrogen and oxygen atoms in total. The number of aromatic amines is 1. The van der Waals surface area contributed by atoms with Crippen LogP contribution in [0.4, 0.5) is 24.5 Å². The second kappa shape index (κ2) is 10.9. The zero-order chi connectivity index (χ0) is 25.6. The maximum atomic E-state index is 13.2. The highest BCUT2D eigenvalue weighted by atomic mass is 19.4. The molecule has 0 atom stereocenters. The van der Waals surface area contributed by atoms with Crippen molar-refractivity contribution >= 4 is 29.5 Å². The quantitative estimate of drug-likeness (QED) is 0.451. The molecular formula is C24H22F3N4O4-. The molecule has 1 aromatic heterocycles. The Morgan fingerprint density at radius 1 is 1.14 bits per heavy atom. The summed E-state index contributed by atoms with van der Waals surface area (Å²) in [5.41, 5.74) is 2.07. The van der Waals surface area contributed by atoms with Crippen LogP contribution in [-0.2, 0) is 22.4 Å². The lowest BCUT2D eigenvalue weighted by Crippen LogP contribution is -2.29. The Bertz CT molecular complexity index is 1290. The number of aryl methyl sites for hydroxylation is 2. The van der Waals surface area contributed by atoms with Gasteiger partial charge in [0.2, 0.25) is 0 Å². The van der Waals surface area contributed by atoms with Crippen molar-refractivity contribution in [1.29, 1.82) is 0 Å². The molecule has 0 saturated carbocycles. The maximum Gasteiger partial charge on any atom is 0.471 e. The SMILES string of the molecule is CCc1ccccc1N=Cc1c(CCCC(=O)[O-])[nH]n(-c2ccc(NC(=O)C(F)(F)F)cc2)c1=O. The van der Waals surface area contributed by atoms with Gasteiger partial charge in [-0.25, -0.2) is 4.68 Å². The molecule has 2 aromatic carbocycles. The minimum Gasteiger partial charge on any atom is -0.550 e. The lowest BCUT2D eigenvalue weighted by Gasteiger charge is -2.08. The van der Waals surface area contributed by atoms with E-state index in [9.17, 15) is 32.7 Å². The van der Waals surface area contributed by atoms with Crippen LogP contribution in [-0.4, -0.2) is 34.0 Å². The van der Waals surface area contributed by atoms with Crippen molar-refractivity contribution in [3.63, 3.8) is 0 Å². The summed E-state index contributed by atoms with van der Waals surface area (Å²) in [6, 6.07) is 12.6. The molecule has 1 amide bonds. The summed E-state index contributed by atoms with van der Waals surface area (Å²) in [6.45, 7) is 1.98. The molecule has 35 heavy (non-hydrogen) atoms. The Balaban J connectivity index is 1.94. The van der Waals surface area contributed by atoms with Crippen LogP contribution in [0.15, 0.2) is 58.3 Å². The number of aliphatic imine (C=N–C) groups is 1. The summed E-state index contributed by atoms with van der Waals surface area (Å²) in [5.74, 6) is -3.32. The number of rotatable bonds is 9. The molecule has 0 radical (unpaired) electrons. The van der Waals surface area contributed by atoms with Gasteiger partial charge in [-0.2, -0.15) is 13.2 Å². The van der Waals surface area contributed by atoms with E-state index in [2.05, 4.69) is 10.1 Å². The number of carboxylic acids is 1. The van der Waals surface area contributed by atoms with Gasteiger partial charge in [0, 0.05) is 23.6 Å². The van der Waals surface area contributed by atoms with E-state index in [1.54, 1.807) is 5.32 Å². The van der Waals surface area contributed by atoms with Gasteiger partial charge in [-0.1, -0.05) is 25.1 Å². The largest absolute Gasteiger partial charge is 0.550 e. The summed E-state index contributed by atoms with van der Waals surface area (Å²) < 4.78 is 38.6. The Labute approximate surface area is 198 Å². The molecule has 0 saturated heterocycles. The second-order valence-corrected chi connectivity index (χ2v) is 7.61. The smallest absolute Gasteiger partial charge is 0.471 e. The number of anilines is 1. The van der Waals surface area contributed by atoms with Crippen LogP contribution in [0.25, 0.3) is 5.69 Å². The highest BCUT2D eigenvalue weighted by Crippen LogP contribution is 2.21. The van der Waals surface area contributed by atoms with Crippen molar-refractivity contribution in [2.75, 3.05) is 5.32 Å². The summed E-state index contributed by atoms with van der Waals surface area (Å²) in [4.78, 5) is 39.5. The monoisotopic (exact) mass is 487 g/mol. The maximum absolute atomic E-state index is 13.2. The molecule has 2 N–H and O–H groups in total. The molecule has 0 aliphatic carbocycles. The Hall–Kier alpha value is -4.15. The molecule has 0 spiro atoms. The Morgan fingerprint density at radius 3 is 2.46 bits per heavy atom. The van der Waals surface area contributed by atoms with Crippen molar-refractivity contribution in [2.45, 2.75) is 38.8 Å². The number of benzene rings is 2. The number of H-pyrrole nitrogens is 1. The number of para-hydroxylation sites is 1. The normalized spacial score (nSPS) is 11.7. The van der Waals surface area contributed by atoms with Crippen molar-refractivity contribution < 1.29 is 27.9 Å². The number of nitrogens with zero attached hydrogens (tertiary/aromatic N) is 2. The van der Waals surface area contributed by atoms with Gasteiger partial charge >= 0.3 is 12.1 Å². The average Bonchev–Trinajstić information content (AvgIpc) is 3.12. The third-order valence-corrected chi connectivity index (χ3v) is 5.16. The van der Waals surface area contributed by atoms with Gasteiger partial charge in [-0.15, -0.1) is 0 Å². The van der Waals surface area contributed by atoms with E-state index in [-0.39, 0.29) is 30.5 Å². The van der Waals surface area contributed by atoms with Crippen LogP contribution >= 0.6 is 0 Å². The number of aliphatic carboxylic acids is 1. The predicted octanol–water partition coefficient (Wildman–Crippen LogP) is 3.05. The zero-order valence-corrected chi connectivity index (χ0v) is 18.7. The molecular weight excluding hydrogens is 465 g/mol. The van der Waals surface area contributed by atoms with Crippen molar-refractivity contribution in [3.05, 3.63) is 75.7 Å². The number of carbonyl (C=O) groups is 2. The number of halogens is 3. The number of hydrogen-bond donors (Lipinski definition) is 2. The minimum absolute atomic E-state index is 0.0946. The van der Waals surface area contributed by atoms with Gasteiger partial charge in [0.1, 0.15) is 0 Å².